The fourth-order valence-electron chi connectivity index (χ4n) is 0.540. The summed E-state index contributed by atoms with van der Waals surface area (Å²) in [6, 6.07) is 0. The molecule has 13 heavy (non-hydrogen) atoms. The highest BCUT2D eigenvalue weighted by molar-refractivity contribution is 8.68. The van der Waals surface area contributed by atoms with Crippen LogP contribution >= 0.6 is 17.0 Å². The van der Waals surface area contributed by atoms with Gasteiger partial charge in [0.05, 0.1) is 12.9 Å². The lowest BCUT2D eigenvalue weighted by Crippen LogP contribution is -1.99. The average molecular weight is 238 g/mol. The van der Waals surface area contributed by atoms with Crippen molar-refractivity contribution in [2.45, 2.75) is 13.8 Å². The third-order valence-corrected chi connectivity index (χ3v) is 6.43. The summed E-state index contributed by atoms with van der Waals surface area (Å²) in [7, 11) is 0. The van der Waals surface area contributed by atoms with Crippen LogP contribution in [0.25, 0.3) is 0 Å². The molecule has 0 aliphatic rings. The molecule has 0 aromatic carbocycles. The van der Waals surface area contributed by atoms with Crippen LogP contribution in [-0.2, 0) is 16.3 Å². The van der Waals surface area contributed by atoms with E-state index in [2.05, 4.69) is 10.1 Å². The Morgan fingerprint density at radius 2 is 2.38 bits per heavy atom. The van der Waals surface area contributed by atoms with Gasteiger partial charge in [-0.2, -0.15) is 0 Å². The largest absolute Gasteiger partial charge is 0.353 e. The lowest BCUT2D eigenvalue weighted by Gasteiger charge is -2.12. The summed E-state index contributed by atoms with van der Waals surface area (Å²) in [5.41, 5.74) is -2.02. The first-order chi connectivity index (χ1) is 6.18. The highest BCUT2D eigenvalue weighted by atomic mass is 32.9. The average Bonchev–Trinajstić information content (AvgIpc) is 2.13. The van der Waals surface area contributed by atoms with E-state index < -0.39 is 5.62 Å². The van der Waals surface area contributed by atoms with Gasteiger partial charge >= 0.3 is 0 Å². The first-order valence-corrected chi connectivity index (χ1v) is 8.40. The maximum absolute atomic E-state index is 5.39. The molecule has 0 fully saturated rings. The van der Waals surface area contributed by atoms with Gasteiger partial charge in [0.2, 0.25) is 5.62 Å². The molecule has 76 valence electrons. The lowest BCUT2D eigenvalue weighted by molar-refractivity contribution is 0.386. The third-order valence-electron chi connectivity index (χ3n) is 1.06. The van der Waals surface area contributed by atoms with Crippen molar-refractivity contribution >= 4 is 35.1 Å². The van der Waals surface area contributed by atoms with E-state index in [1.807, 2.05) is 26.2 Å². The molecule has 0 aliphatic heterocycles. The van der Waals surface area contributed by atoms with Crippen LogP contribution in [0.15, 0.2) is 17.0 Å². The molecule has 0 rings (SSSR count). The standard InChI is InChI=1S/C7H15N2OPS2/c1-4-6-8-7-9-11(12,13-3)10-5-2/h4,6-7H,5H2,1-3H3,(H,8,9,12)/b6-4-. The molecule has 0 spiro atoms. The minimum atomic E-state index is -2.02. The summed E-state index contributed by atoms with van der Waals surface area (Å²) in [6.07, 6.45) is 7.18. The van der Waals surface area contributed by atoms with Crippen LogP contribution in [0.2, 0.25) is 0 Å². The van der Waals surface area contributed by atoms with Crippen LogP contribution in [0.3, 0.4) is 0 Å². The Hall–Kier alpha value is 0.170. The van der Waals surface area contributed by atoms with Gasteiger partial charge in [0.25, 0.3) is 0 Å². The fourth-order valence-corrected chi connectivity index (χ4v) is 2.85. The second-order valence-corrected chi connectivity index (χ2v) is 8.53. The van der Waals surface area contributed by atoms with Crippen LogP contribution in [0.4, 0.5) is 0 Å². The van der Waals surface area contributed by atoms with E-state index in [0.29, 0.717) is 6.61 Å². The maximum Gasteiger partial charge on any atom is 0.232 e. The Morgan fingerprint density at radius 3 is 2.85 bits per heavy atom. The third kappa shape index (κ3) is 6.27. The van der Waals surface area contributed by atoms with E-state index in [9.17, 15) is 0 Å². The first-order valence-electron chi connectivity index (χ1n) is 3.90. The quantitative estimate of drug-likeness (QED) is 0.438. The Kier molecular flexibility index (Phi) is 7.66. The summed E-state index contributed by atoms with van der Waals surface area (Å²) >= 11 is 6.74. The van der Waals surface area contributed by atoms with Gasteiger partial charge in [-0.15, -0.1) is 0 Å². The van der Waals surface area contributed by atoms with Gasteiger partial charge in [0.1, 0.15) is 0 Å². The van der Waals surface area contributed by atoms with Crippen molar-refractivity contribution in [3.05, 3.63) is 12.3 Å². The Labute approximate surface area is 88.9 Å². The van der Waals surface area contributed by atoms with E-state index in [0.717, 1.165) is 0 Å². The molecule has 0 heterocycles. The fraction of sp³-hybridized carbons (Fsp3) is 0.571. The number of allylic oxidation sites excluding steroid dienone is 1. The van der Waals surface area contributed by atoms with Gasteiger partial charge in [-0.1, -0.05) is 17.5 Å². The Bertz CT molecular complexity index is 231. The predicted octanol–water partition coefficient (Wildman–Crippen LogP) is 2.76. The minimum Gasteiger partial charge on any atom is -0.353 e. The zero-order chi connectivity index (χ0) is 10.2. The molecule has 0 saturated heterocycles. The second-order valence-electron chi connectivity index (χ2n) is 1.98. The highest BCUT2D eigenvalue weighted by Crippen LogP contribution is 2.59. The van der Waals surface area contributed by atoms with Crippen molar-refractivity contribution in [1.82, 2.24) is 5.32 Å². The monoisotopic (exact) mass is 238 g/mol. The van der Waals surface area contributed by atoms with Crippen molar-refractivity contribution in [3.63, 3.8) is 0 Å². The molecule has 0 radical (unpaired) electrons. The molecular formula is C7H15N2OPS2. The number of rotatable bonds is 6. The molecular weight excluding hydrogens is 223 g/mol. The molecule has 3 nitrogen and oxygen atoms in total. The van der Waals surface area contributed by atoms with E-state index in [1.54, 1.807) is 12.5 Å². The Morgan fingerprint density at radius 1 is 1.69 bits per heavy atom. The van der Waals surface area contributed by atoms with Crippen molar-refractivity contribution < 1.29 is 4.52 Å². The topological polar surface area (TPSA) is 33.6 Å². The van der Waals surface area contributed by atoms with Crippen LogP contribution in [-0.4, -0.2) is 19.2 Å². The molecule has 1 atom stereocenters. The molecule has 0 aliphatic carbocycles. The normalized spacial score (nSPS) is 16.5. The van der Waals surface area contributed by atoms with Gasteiger partial charge in [0, 0.05) is 0 Å². The molecule has 6 heteroatoms. The summed E-state index contributed by atoms with van der Waals surface area (Å²) in [6.45, 7) is 4.46. The minimum absolute atomic E-state index is 0.610. The molecule has 0 saturated carbocycles. The molecule has 1 unspecified atom stereocenters. The van der Waals surface area contributed by atoms with E-state index in [1.165, 1.54) is 11.4 Å². The van der Waals surface area contributed by atoms with Gasteiger partial charge in [0.15, 0.2) is 0 Å². The maximum atomic E-state index is 5.39. The smallest absolute Gasteiger partial charge is 0.232 e. The van der Waals surface area contributed by atoms with Gasteiger partial charge in [-0.3, -0.25) is 0 Å². The molecule has 0 amide bonds. The van der Waals surface area contributed by atoms with Crippen LogP contribution in [0, 0.1) is 0 Å². The molecule has 0 bridgehead atoms. The van der Waals surface area contributed by atoms with Crippen LogP contribution < -0.4 is 5.32 Å². The number of nitrogens with one attached hydrogen (secondary N) is 1. The molecule has 1 N–H and O–H groups in total. The van der Waals surface area contributed by atoms with Crippen LogP contribution in [0.5, 0.6) is 0 Å². The van der Waals surface area contributed by atoms with Crippen molar-refractivity contribution in [1.29, 1.82) is 0 Å². The zero-order valence-corrected chi connectivity index (χ0v) is 10.6. The summed E-state index contributed by atoms with van der Waals surface area (Å²) in [5.74, 6) is 0. The van der Waals surface area contributed by atoms with Crippen LogP contribution in [0.1, 0.15) is 13.8 Å². The SMILES string of the molecule is C/C=C\NC=NP(=S)(OCC)SC. The summed E-state index contributed by atoms with van der Waals surface area (Å²) < 4.78 is 9.57. The second kappa shape index (κ2) is 7.56. The van der Waals surface area contributed by atoms with E-state index >= 15 is 0 Å². The van der Waals surface area contributed by atoms with E-state index in [4.69, 9.17) is 16.3 Å². The molecule has 0 aromatic rings. The van der Waals surface area contributed by atoms with Crippen molar-refractivity contribution in [2.24, 2.45) is 4.76 Å². The summed E-state index contributed by atoms with van der Waals surface area (Å²) in [4.78, 5) is 0. The van der Waals surface area contributed by atoms with Gasteiger partial charge in [-0.25, -0.2) is 4.76 Å². The lowest BCUT2D eigenvalue weighted by atomic mass is 10.7. The number of nitrogens with zero attached hydrogens (tertiary/aromatic N) is 1. The predicted molar refractivity (Wildman–Crippen MR) is 65.9 cm³/mol. The number of hydrogen-bond donors (Lipinski definition) is 1. The van der Waals surface area contributed by atoms with Gasteiger partial charge in [-0.05, 0) is 38.1 Å². The molecule has 0 aromatic heterocycles. The Balaban J connectivity index is 4.10. The zero-order valence-electron chi connectivity index (χ0n) is 8.06. The van der Waals surface area contributed by atoms with Crippen molar-refractivity contribution in [2.75, 3.05) is 12.9 Å². The number of hydrogen-bond acceptors (Lipinski definition) is 3. The van der Waals surface area contributed by atoms with Crippen molar-refractivity contribution in [3.8, 4) is 0 Å². The highest BCUT2D eigenvalue weighted by Gasteiger charge is 2.11. The summed E-state index contributed by atoms with van der Waals surface area (Å²) in [5, 5.41) is 2.88. The van der Waals surface area contributed by atoms with Gasteiger partial charge < -0.3 is 9.84 Å². The van der Waals surface area contributed by atoms with E-state index in [-0.39, 0.29) is 0 Å². The first kappa shape index (κ1) is 13.2.